The zero-order valence-corrected chi connectivity index (χ0v) is 19.2. The number of nitrogens with zero attached hydrogens (tertiary/aromatic N) is 2. The molecular formula is C29H31N3. The van der Waals surface area contributed by atoms with E-state index in [1.165, 1.54) is 45.1 Å². The first-order valence-corrected chi connectivity index (χ1v) is 12.0. The smallest absolute Gasteiger partial charge is 0.0682 e. The van der Waals surface area contributed by atoms with Gasteiger partial charge in [0, 0.05) is 12.1 Å². The highest BCUT2D eigenvalue weighted by Gasteiger charge is 2.69. The summed E-state index contributed by atoms with van der Waals surface area (Å²) in [6, 6.07) is 20.1. The summed E-state index contributed by atoms with van der Waals surface area (Å²) < 4.78 is 0. The maximum atomic E-state index is 6.66. The van der Waals surface area contributed by atoms with E-state index in [9.17, 15) is 0 Å². The van der Waals surface area contributed by atoms with Crippen LogP contribution in [0.3, 0.4) is 0 Å². The Morgan fingerprint density at radius 3 is 2.50 bits per heavy atom. The van der Waals surface area contributed by atoms with Gasteiger partial charge in [-0.15, -0.1) is 0 Å². The van der Waals surface area contributed by atoms with Crippen LogP contribution in [0.2, 0.25) is 0 Å². The highest BCUT2D eigenvalue weighted by atomic mass is 15.5. The van der Waals surface area contributed by atoms with Gasteiger partial charge in [-0.25, -0.2) is 5.84 Å². The SMILES string of the molecule is CC(C)C12C(C)C1C=C(c1ccc(-c3ccc4c5c(ccc4c3)N=CCCC5)cc1)N2N. The minimum Gasteiger partial charge on any atom is -0.304 e. The van der Waals surface area contributed by atoms with Crippen molar-refractivity contribution in [3.63, 3.8) is 0 Å². The molecule has 3 nitrogen and oxygen atoms in total. The molecule has 0 saturated heterocycles. The van der Waals surface area contributed by atoms with Gasteiger partial charge in [0.1, 0.15) is 0 Å². The molecule has 162 valence electrons. The van der Waals surface area contributed by atoms with Gasteiger partial charge in [-0.05, 0) is 76.3 Å². The fraction of sp³-hybridized carbons (Fsp3) is 0.345. The molecule has 3 aromatic carbocycles. The minimum atomic E-state index is 0.106. The Labute approximate surface area is 190 Å². The molecule has 0 bridgehead atoms. The van der Waals surface area contributed by atoms with Crippen molar-refractivity contribution in [2.45, 2.75) is 45.6 Å². The van der Waals surface area contributed by atoms with Gasteiger partial charge in [0.15, 0.2) is 0 Å². The number of fused-ring (bicyclic) bond motifs is 4. The van der Waals surface area contributed by atoms with Crippen LogP contribution in [0.25, 0.3) is 27.6 Å². The van der Waals surface area contributed by atoms with Gasteiger partial charge >= 0.3 is 0 Å². The summed E-state index contributed by atoms with van der Waals surface area (Å²) in [7, 11) is 0. The van der Waals surface area contributed by atoms with Crippen molar-refractivity contribution >= 4 is 28.4 Å². The van der Waals surface area contributed by atoms with Crippen molar-refractivity contribution < 1.29 is 0 Å². The first-order chi connectivity index (χ1) is 15.5. The number of aliphatic imine (C=N–C) groups is 1. The summed E-state index contributed by atoms with van der Waals surface area (Å²) in [5.74, 6) is 8.40. The Hall–Kier alpha value is -2.91. The van der Waals surface area contributed by atoms with Crippen molar-refractivity contribution in [3.05, 3.63) is 71.8 Å². The molecule has 3 atom stereocenters. The van der Waals surface area contributed by atoms with Crippen LogP contribution in [0.5, 0.6) is 0 Å². The fourth-order valence-corrected chi connectivity index (χ4v) is 6.46. The van der Waals surface area contributed by atoms with Crippen LogP contribution < -0.4 is 5.84 Å². The van der Waals surface area contributed by atoms with Gasteiger partial charge in [0.05, 0.1) is 16.9 Å². The van der Waals surface area contributed by atoms with E-state index >= 15 is 0 Å². The average molecular weight is 422 g/mol. The number of hydrogen-bond donors (Lipinski definition) is 1. The van der Waals surface area contributed by atoms with Crippen LogP contribution in [-0.4, -0.2) is 16.8 Å². The van der Waals surface area contributed by atoms with Gasteiger partial charge in [-0.2, -0.15) is 0 Å². The van der Waals surface area contributed by atoms with Crippen molar-refractivity contribution in [3.8, 4) is 11.1 Å². The Morgan fingerprint density at radius 1 is 1.00 bits per heavy atom. The number of rotatable bonds is 3. The quantitative estimate of drug-likeness (QED) is 0.476. The van der Waals surface area contributed by atoms with Gasteiger partial charge in [0.25, 0.3) is 0 Å². The van der Waals surface area contributed by atoms with E-state index in [4.69, 9.17) is 5.84 Å². The van der Waals surface area contributed by atoms with Gasteiger partial charge < -0.3 is 5.01 Å². The van der Waals surface area contributed by atoms with E-state index in [-0.39, 0.29) is 5.54 Å². The van der Waals surface area contributed by atoms with E-state index in [1.807, 2.05) is 0 Å². The van der Waals surface area contributed by atoms with Gasteiger partial charge in [0.2, 0.25) is 0 Å². The summed E-state index contributed by atoms with van der Waals surface area (Å²) >= 11 is 0. The molecule has 3 aliphatic rings. The third-order valence-electron chi connectivity index (χ3n) is 8.24. The summed E-state index contributed by atoms with van der Waals surface area (Å²) in [6.07, 6.45) is 7.79. The van der Waals surface area contributed by atoms with Crippen LogP contribution in [0.15, 0.2) is 65.7 Å². The molecule has 1 fully saturated rings. The number of hydrazine groups is 1. The topological polar surface area (TPSA) is 41.6 Å². The Morgan fingerprint density at radius 2 is 1.75 bits per heavy atom. The number of nitrogens with two attached hydrogens (primary N) is 1. The molecule has 0 spiro atoms. The van der Waals surface area contributed by atoms with Gasteiger partial charge in [-0.1, -0.05) is 69.3 Å². The lowest BCUT2D eigenvalue weighted by Crippen LogP contribution is -2.45. The largest absolute Gasteiger partial charge is 0.304 e. The maximum Gasteiger partial charge on any atom is 0.0682 e. The molecule has 2 N–H and O–H groups in total. The first kappa shape index (κ1) is 19.8. The van der Waals surface area contributed by atoms with E-state index in [2.05, 4.69) is 97.7 Å². The van der Waals surface area contributed by atoms with Crippen LogP contribution >= 0.6 is 0 Å². The second-order valence-electron chi connectivity index (χ2n) is 10.1. The Balaban J connectivity index is 1.31. The van der Waals surface area contributed by atoms with Crippen molar-refractivity contribution in [1.29, 1.82) is 0 Å². The standard InChI is InChI=1S/C29H31N3/c1-18(2)29-19(3)26(29)17-28(32(29)30)21-9-7-20(8-10-21)22-11-13-24-23(16-22)12-14-27-25(24)6-4-5-15-31-27/h7-19,26H,4-6,30H2,1-3H3. The lowest BCUT2D eigenvalue weighted by molar-refractivity contribution is 0.200. The highest BCUT2D eigenvalue weighted by Crippen LogP contribution is 2.64. The Kier molecular flexibility index (Phi) is 4.35. The second-order valence-corrected chi connectivity index (χ2v) is 10.1. The molecular weight excluding hydrogens is 390 g/mol. The van der Waals surface area contributed by atoms with Crippen LogP contribution in [0.4, 0.5) is 5.69 Å². The molecule has 2 heterocycles. The summed E-state index contributed by atoms with van der Waals surface area (Å²) in [6.45, 7) is 6.91. The highest BCUT2D eigenvalue weighted by molar-refractivity contribution is 5.93. The lowest BCUT2D eigenvalue weighted by Gasteiger charge is -2.33. The number of benzene rings is 3. The molecule has 2 aliphatic heterocycles. The summed E-state index contributed by atoms with van der Waals surface area (Å²) in [5, 5.41) is 4.69. The van der Waals surface area contributed by atoms with Crippen molar-refractivity contribution in [1.82, 2.24) is 5.01 Å². The predicted molar refractivity (Wildman–Crippen MR) is 135 cm³/mol. The molecule has 0 aromatic heterocycles. The molecule has 0 radical (unpaired) electrons. The summed E-state index contributed by atoms with van der Waals surface area (Å²) in [4.78, 5) is 4.66. The molecule has 6 rings (SSSR count). The third-order valence-corrected chi connectivity index (χ3v) is 8.24. The van der Waals surface area contributed by atoms with E-state index in [0.717, 1.165) is 18.5 Å². The number of aryl methyl sites for hydroxylation is 1. The first-order valence-electron chi connectivity index (χ1n) is 12.0. The average Bonchev–Trinajstić information content (AvgIpc) is 3.38. The minimum absolute atomic E-state index is 0.106. The zero-order valence-electron chi connectivity index (χ0n) is 19.2. The number of hydrogen-bond acceptors (Lipinski definition) is 3. The predicted octanol–water partition coefficient (Wildman–Crippen LogP) is 6.74. The van der Waals surface area contributed by atoms with Crippen LogP contribution in [0.1, 0.15) is 44.7 Å². The molecule has 3 unspecified atom stereocenters. The van der Waals surface area contributed by atoms with Gasteiger partial charge in [-0.3, -0.25) is 4.99 Å². The van der Waals surface area contributed by atoms with Crippen molar-refractivity contribution in [2.75, 3.05) is 0 Å². The Bertz CT molecular complexity index is 1270. The normalized spacial score (nSPS) is 26.2. The monoisotopic (exact) mass is 421 g/mol. The van der Waals surface area contributed by atoms with Crippen LogP contribution in [0, 0.1) is 17.8 Å². The molecule has 32 heavy (non-hydrogen) atoms. The fourth-order valence-electron chi connectivity index (χ4n) is 6.46. The van der Waals surface area contributed by atoms with E-state index in [0.29, 0.717) is 17.8 Å². The molecule has 1 saturated carbocycles. The maximum absolute atomic E-state index is 6.66. The van der Waals surface area contributed by atoms with Crippen molar-refractivity contribution in [2.24, 2.45) is 28.6 Å². The lowest BCUT2D eigenvalue weighted by atomic mass is 9.95. The second kappa shape index (κ2) is 7.05. The van der Waals surface area contributed by atoms with E-state index in [1.54, 1.807) is 0 Å². The summed E-state index contributed by atoms with van der Waals surface area (Å²) in [5.41, 5.74) is 7.50. The molecule has 1 aliphatic carbocycles. The third kappa shape index (κ3) is 2.67. The molecule has 3 aromatic rings. The van der Waals surface area contributed by atoms with E-state index < -0.39 is 0 Å². The molecule has 3 heteroatoms. The molecule has 0 amide bonds. The van der Waals surface area contributed by atoms with Crippen LogP contribution in [-0.2, 0) is 6.42 Å². The zero-order chi connectivity index (χ0) is 22.0.